The number of nitrogen functional groups attached to an aromatic ring is 1. The molecule has 134 valence electrons. The molecule has 9 nitrogen and oxygen atoms in total. The first kappa shape index (κ1) is 15.5. The zero-order chi connectivity index (χ0) is 18.2. The van der Waals surface area contributed by atoms with Gasteiger partial charge in [0.2, 0.25) is 23.5 Å². The first-order valence-corrected chi connectivity index (χ1v) is 8.53. The average molecular weight is 361 g/mol. The third-order valence-electron chi connectivity index (χ3n) is 4.35. The van der Waals surface area contributed by atoms with Crippen LogP contribution in [0.15, 0.2) is 51.6 Å². The number of anilines is 3. The van der Waals surface area contributed by atoms with E-state index in [0.717, 1.165) is 25.1 Å². The van der Waals surface area contributed by atoms with Gasteiger partial charge in [-0.1, -0.05) is 23.4 Å². The normalized spacial score (nSPS) is 13.6. The van der Waals surface area contributed by atoms with E-state index in [9.17, 15) is 0 Å². The molecule has 9 heteroatoms. The summed E-state index contributed by atoms with van der Waals surface area (Å²) in [5.41, 5.74) is 8.26. The van der Waals surface area contributed by atoms with Crippen LogP contribution in [0, 0.1) is 0 Å². The van der Waals surface area contributed by atoms with Crippen molar-refractivity contribution in [3.63, 3.8) is 0 Å². The van der Waals surface area contributed by atoms with Crippen molar-refractivity contribution >= 4 is 17.6 Å². The fourth-order valence-corrected chi connectivity index (χ4v) is 3.16. The molecule has 2 N–H and O–H groups in total. The fourth-order valence-electron chi connectivity index (χ4n) is 3.16. The molecule has 0 atom stereocenters. The highest BCUT2D eigenvalue weighted by Gasteiger charge is 2.23. The molecule has 0 fully saturated rings. The molecule has 1 aromatic carbocycles. The maximum atomic E-state index is 5.93. The molecule has 3 aromatic heterocycles. The molecule has 1 aliphatic rings. The molecule has 1 aliphatic heterocycles. The van der Waals surface area contributed by atoms with E-state index in [1.807, 2.05) is 17.0 Å². The number of nitrogens with zero attached hydrogens (tertiary/aromatic N) is 6. The van der Waals surface area contributed by atoms with Gasteiger partial charge in [-0.3, -0.25) is 0 Å². The SMILES string of the molecule is Nc1nc(-c2noc(-c3ccco3)n2)nc(N2CCCc3ccccc32)n1. The van der Waals surface area contributed by atoms with E-state index >= 15 is 0 Å². The number of aryl methyl sites for hydroxylation is 1. The molecule has 0 bridgehead atoms. The Bertz CT molecular complexity index is 1090. The Morgan fingerprint density at radius 1 is 0.963 bits per heavy atom. The zero-order valence-corrected chi connectivity index (χ0v) is 14.2. The second kappa shape index (κ2) is 6.20. The highest BCUT2D eigenvalue weighted by atomic mass is 16.5. The van der Waals surface area contributed by atoms with Gasteiger partial charge >= 0.3 is 0 Å². The molecule has 5 rings (SSSR count). The highest BCUT2D eigenvalue weighted by molar-refractivity contribution is 5.65. The van der Waals surface area contributed by atoms with E-state index in [2.05, 4.69) is 37.2 Å². The van der Waals surface area contributed by atoms with Gasteiger partial charge in [0.15, 0.2) is 5.76 Å². The first-order chi connectivity index (χ1) is 13.3. The molecule has 0 saturated carbocycles. The van der Waals surface area contributed by atoms with Crippen molar-refractivity contribution in [2.75, 3.05) is 17.2 Å². The lowest BCUT2D eigenvalue weighted by Gasteiger charge is -2.29. The van der Waals surface area contributed by atoms with Gasteiger partial charge in [-0.25, -0.2) is 0 Å². The molecular formula is C18H15N7O2. The van der Waals surface area contributed by atoms with Crippen LogP contribution < -0.4 is 10.6 Å². The summed E-state index contributed by atoms with van der Waals surface area (Å²) in [6.45, 7) is 0.795. The van der Waals surface area contributed by atoms with Crippen molar-refractivity contribution in [3.05, 3.63) is 48.2 Å². The van der Waals surface area contributed by atoms with Crippen molar-refractivity contribution in [2.24, 2.45) is 0 Å². The Balaban J connectivity index is 1.55. The second-order valence-corrected chi connectivity index (χ2v) is 6.10. The quantitative estimate of drug-likeness (QED) is 0.587. The number of para-hydroxylation sites is 1. The van der Waals surface area contributed by atoms with Gasteiger partial charge in [0.25, 0.3) is 5.89 Å². The number of fused-ring (bicyclic) bond motifs is 1. The summed E-state index contributed by atoms with van der Waals surface area (Å²) in [5, 5.41) is 3.94. The minimum atomic E-state index is 0.0994. The smallest absolute Gasteiger partial charge is 0.294 e. The van der Waals surface area contributed by atoms with Crippen molar-refractivity contribution < 1.29 is 8.94 Å². The molecule has 0 unspecified atom stereocenters. The van der Waals surface area contributed by atoms with Gasteiger partial charge in [0, 0.05) is 12.2 Å². The third-order valence-corrected chi connectivity index (χ3v) is 4.35. The van der Waals surface area contributed by atoms with Crippen molar-refractivity contribution in [1.82, 2.24) is 25.1 Å². The second-order valence-electron chi connectivity index (χ2n) is 6.10. The van der Waals surface area contributed by atoms with Crippen molar-refractivity contribution in [3.8, 4) is 23.3 Å². The molecule has 0 radical (unpaired) electrons. The Hall–Kier alpha value is -3.75. The van der Waals surface area contributed by atoms with Crippen LogP contribution in [0.5, 0.6) is 0 Å². The molecule has 27 heavy (non-hydrogen) atoms. The minimum Gasteiger partial charge on any atom is -0.459 e. The van der Waals surface area contributed by atoms with E-state index in [0.29, 0.717) is 11.7 Å². The monoisotopic (exact) mass is 361 g/mol. The van der Waals surface area contributed by atoms with Gasteiger partial charge in [0.05, 0.1) is 6.26 Å². The van der Waals surface area contributed by atoms with Crippen LogP contribution in [0.1, 0.15) is 12.0 Å². The number of nitrogens with two attached hydrogens (primary N) is 1. The van der Waals surface area contributed by atoms with E-state index in [4.69, 9.17) is 14.7 Å². The molecule has 4 aromatic rings. The summed E-state index contributed by atoms with van der Waals surface area (Å²) in [6, 6.07) is 11.7. The summed E-state index contributed by atoms with van der Waals surface area (Å²) >= 11 is 0. The summed E-state index contributed by atoms with van der Waals surface area (Å²) in [4.78, 5) is 19.3. The number of aromatic nitrogens is 5. The molecule has 0 saturated heterocycles. The lowest BCUT2D eigenvalue weighted by molar-refractivity contribution is 0.416. The standard InChI is InChI=1S/C18H15N7O2/c19-17-21-14(15-20-16(27-24-15)13-8-4-10-26-13)22-18(23-17)25-9-3-6-11-5-1-2-7-12(11)25/h1-2,4-5,7-8,10H,3,6,9H2,(H2,19,21,22,23). The highest BCUT2D eigenvalue weighted by Crippen LogP contribution is 2.32. The number of benzene rings is 1. The first-order valence-electron chi connectivity index (χ1n) is 8.53. The largest absolute Gasteiger partial charge is 0.459 e. The van der Waals surface area contributed by atoms with Crippen LogP contribution in [0.2, 0.25) is 0 Å². The van der Waals surface area contributed by atoms with Crippen LogP contribution in [0.25, 0.3) is 23.3 Å². The number of hydrogen-bond donors (Lipinski definition) is 1. The minimum absolute atomic E-state index is 0.0994. The Morgan fingerprint density at radius 2 is 1.89 bits per heavy atom. The Morgan fingerprint density at radius 3 is 2.78 bits per heavy atom. The molecule has 0 amide bonds. The predicted molar refractivity (Wildman–Crippen MR) is 97.0 cm³/mol. The van der Waals surface area contributed by atoms with Crippen molar-refractivity contribution in [2.45, 2.75) is 12.8 Å². The van der Waals surface area contributed by atoms with Crippen molar-refractivity contribution in [1.29, 1.82) is 0 Å². The van der Waals surface area contributed by atoms with E-state index in [1.165, 1.54) is 11.8 Å². The summed E-state index contributed by atoms with van der Waals surface area (Å²) < 4.78 is 10.5. The lowest BCUT2D eigenvalue weighted by atomic mass is 10.0. The Labute approximate surface area is 153 Å². The summed E-state index contributed by atoms with van der Waals surface area (Å²) in [5.74, 6) is 1.76. The third kappa shape index (κ3) is 2.78. The van der Waals surface area contributed by atoms with Gasteiger partial charge in [-0.05, 0) is 36.6 Å². The molecule has 4 heterocycles. The maximum Gasteiger partial charge on any atom is 0.294 e. The van der Waals surface area contributed by atoms with Gasteiger partial charge < -0.3 is 19.6 Å². The van der Waals surface area contributed by atoms with E-state index in [-0.39, 0.29) is 23.5 Å². The van der Waals surface area contributed by atoms with Gasteiger partial charge in [-0.2, -0.15) is 19.9 Å². The summed E-state index contributed by atoms with van der Waals surface area (Å²) in [7, 11) is 0. The van der Waals surface area contributed by atoms with Crippen LogP contribution >= 0.6 is 0 Å². The molecule has 0 aliphatic carbocycles. The average Bonchev–Trinajstić information content (AvgIpc) is 3.38. The van der Waals surface area contributed by atoms with Crippen LogP contribution in [-0.2, 0) is 6.42 Å². The molecular weight excluding hydrogens is 346 g/mol. The fraction of sp³-hybridized carbons (Fsp3) is 0.167. The summed E-state index contributed by atoms with van der Waals surface area (Å²) in [6.07, 6.45) is 3.56. The Kier molecular flexibility index (Phi) is 3.56. The van der Waals surface area contributed by atoms with Crippen LogP contribution in [-0.4, -0.2) is 31.6 Å². The predicted octanol–water partition coefficient (Wildman–Crippen LogP) is 2.85. The van der Waals surface area contributed by atoms with E-state index in [1.54, 1.807) is 12.1 Å². The van der Waals surface area contributed by atoms with E-state index < -0.39 is 0 Å². The zero-order valence-electron chi connectivity index (χ0n) is 14.2. The number of rotatable bonds is 3. The molecule has 0 spiro atoms. The van der Waals surface area contributed by atoms with Crippen LogP contribution in [0.4, 0.5) is 17.6 Å². The topological polar surface area (TPSA) is 120 Å². The number of hydrogen-bond acceptors (Lipinski definition) is 9. The van der Waals surface area contributed by atoms with Gasteiger partial charge in [0.1, 0.15) is 0 Å². The maximum absolute atomic E-state index is 5.93. The number of furan rings is 1. The van der Waals surface area contributed by atoms with Gasteiger partial charge in [-0.15, -0.1) is 0 Å². The lowest BCUT2D eigenvalue weighted by Crippen LogP contribution is -2.26. The van der Waals surface area contributed by atoms with Crippen LogP contribution in [0.3, 0.4) is 0 Å².